The first-order valence-electron chi connectivity index (χ1n) is 6.19. The Morgan fingerprint density at radius 1 is 1.18 bits per heavy atom. The molecule has 0 spiro atoms. The average Bonchev–Trinajstić information content (AvgIpc) is 2.83. The second kappa shape index (κ2) is 5.52. The molecule has 17 heavy (non-hydrogen) atoms. The smallest absolute Gasteiger partial charge is 0.184 e. The molecule has 1 heterocycles. The molecule has 2 rings (SSSR count). The highest BCUT2D eigenvalue weighted by Crippen LogP contribution is 2.31. The predicted octanol–water partition coefficient (Wildman–Crippen LogP) is 3.14. The molecule has 0 radical (unpaired) electrons. The third kappa shape index (κ3) is 2.79. The fraction of sp³-hybridized carbons (Fsp3) is 0.571. The van der Waals surface area contributed by atoms with Crippen LogP contribution in [0.15, 0.2) is 12.1 Å². The van der Waals surface area contributed by atoms with Crippen LogP contribution in [0, 0.1) is 13.8 Å². The van der Waals surface area contributed by atoms with Gasteiger partial charge in [-0.2, -0.15) is 0 Å². The maximum atomic E-state index is 5.70. The molecule has 1 fully saturated rings. The first-order valence-corrected chi connectivity index (χ1v) is 6.19. The highest BCUT2D eigenvalue weighted by Gasteiger charge is 2.21. The van der Waals surface area contributed by atoms with Gasteiger partial charge >= 0.3 is 0 Å². The van der Waals surface area contributed by atoms with Gasteiger partial charge in [-0.15, -0.1) is 0 Å². The standard InChI is InChI=1S/C14H20O3/c1-4-5-15-13-9-10(2)12(8-11(13)3)14-16-6-7-17-14/h8-9,14H,4-7H2,1-3H3. The maximum Gasteiger partial charge on any atom is 0.184 e. The lowest BCUT2D eigenvalue weighted by molar-refractivity contribution is -0.0446. The Morgan fingerprint density at radius 3 is 2.53 bits per heavy atom. The molecule has 1 aromatic carbocycles. The Balaban J connectivity index is 2.21. The monoisotopic (exact) mass is 236 g/mol. The van der Waals surface area contributed by atoms with E-state index in [1.165, 1.54) is 0 Å². The lowest BCUT2D eigenvalue weighted by Crippen LogP contribution is -2.04. The van der Waals surface area contributed by atoms with Gasteiger partial charge in [0.25, 0.3) is 0 Å². The third-order valence-electron chi connectivity index (χ3n) is 2.90. The van der Waals surface area contributed by atoms with Crippen molar-refractivity contribution in [2.45, 2.75) is 33.5 Å². The summed E-state index contributed by atoms with van der Waals surface area (Å²) in [4.78, 5) is 0. The van der Waals surface area contributed by atoms with Crippen molar-refractivity contribution in [1.29, 1.82) is 0 Å². The Bertz CT molecular complexity index is 381. The van der Waals surface area contributed by atoms with E-state index in [0.29, 0.717) is 13.2 Å². The summed E-state index contributed by atoms with van der Waals surface area (Å²) in [6.45, 7) is 8.35. The van der Waals surface area contributed by atoms with Gasteiger partial charge in [0.15, 0.2) is 6.29 Å². The first-order chi connectivity index (χ1) is 8.22. The number of aryl methyl sites for hydroxylation is 2. The van der Waals surface area contributed by atoms with E-state index < -0.39 is 0 Å². The molecular weight excluding hydrogens is 216 g/mol. The van der Waals surface area contributed by atoms with Crippen LogP contribution in [0.5, 0.6) is 5.75 Å². The third-order valence-corrected chi connectivity index (χ3v) is 2.90. The van der Waals surface area contributed by atoms with Gasteiger partial charge in [0.2, 0.25) is 0 Å². The molecule has 0 aliphatic carbocycles. The van der Waals surface area contributed by atoms with Crippen molar-refractivity contribution in [3.05, 3.63) is 28.8 Å². The van der Waals surface area contributed by atoms with Gasteiger partial charge in [-0.3, -0.25) is 0 Å². The van der Waals surface area contributed by atoms with Crippen molar-refractivity contribution in [2.24, 2.45) is 0 Å². The van der Waals surface area contributed by atoms with Gasteiger partial charge < -0.3 is 14.2 Å². The first kappa shape index (κ1) is 12.4. The fourth-order valence-electron chi connectivity index (χ4n) is 1.97. The Labute approximate surface area is 103 Å². The van der Waals surface area contributed by atoms with Crippen molar-refractivity contribution in [2.75, 3.05) is 19.8 Å². The summed E-state index contributed by atoms with van der Waals surface area (Å²) >= 11 is 0. The Kier molecular flexibility index (Phi) is 4.02. The topological polar surface area (TPSA) is 27.7 Å². The SMILES string of the molecule is CCCOc1cc(C)c(C2OCCO2)cc1C. The normalized spacial score (nSPS) is 16.4. The molecule has 94 valence electrons. The second-order valence-corrected chi connectivity index (χ2v) is 4.40. The van der Waals surface area contributed by atoms with Gasteiger partial charge in [0.05, 0.1) is 19.8 Å². The molecule has 1 aliphatic rings. The van der Waals surface area contributed by atoms with E-state index in [4.69, 9.17) is 14.2 Å². The van der Waals surface area contributed by atoms with Crippen LogP contribution >= 0.6 is 0 Å². The number of rotatable bonds is 4. The number of ether oxygens (including phenoxy) is 3. The fourth-order valence-corrected chi connectivity index (χ4v) is 1.97. The number of hydrogen-bond donors (Lipinski definition) is 0. The van der Waals surface area contributed by atoms with E-state index in [2.05, 4.69) is 32.9 Å². The molecule has 1 aliphatic heterocycles. The van der Waals surface area contributed by atoms with E-state index in [1.807, 2.05) is 0 Å². The van der Waals surface area contributed by atoms with E-state index in [1.54, 1.807) is 0 Å². The summed E-state index contributed by atoms with van der Waals surface area (Å²) in [6.07, 6.45) is 0.823. The van der Waals surface area contributed by atoms with E-state index in [0.717, 1.165) is 35.5 Å². The van der Waals surface area contributed by atoms with Crippen molar-refractivity contribution in [3.63, 3.8) is 0 Å². The molecule has 0 N–H and O–H groups in total. The highest BCUT2D eigenvalue weighted by molar-refractivity contribution is 5.42. The molecule has 0 aromatic heterocycles. The molecule has 3 nitrogen and oxygen atoms in total. The van der Waals surface area contributed by atoms with Crippen molar-refractivity contribution < 1.29 is 14.2 Å². The predicted molar refractivity (Wildman–Crippen MR) is 66.3 cm³/mol. The van der Waals surface area contributed by atoms with Gasteiger partial charge in [0.1, 0.15) is 5.75 Å². The van der Waals surface area contributed by atoms with Crippen LogP contribution in [0.3, 0.4) is 0 Å². The van der Waals surface area contributed by atoms with Crippen LogP contribution in [0.4, 0.5) is 0 Å². The van der Waals surface area contributed by atoms with Crippen molar-refractivity contribution in [1.82, 2.24) is 0 Å². The molecule has 3 heteroatoms. The molecular formula is C14H20O3. The second-order valence-electron chi connectivity index (χ2n) is 4.40. The lowest BCUT2D eigenvalue weighted by atomic mass is 10.0. The van der Waals surface area contributed by atoms with Crippen LogP contribution in [-0.4, -0.2) is 19.8 Å². The minimum absolute atomic E-state index is 0.200. The zero-order valence-corrected chi connectivity index (χ0v) is 10.8. The summed E-state index contributed by atoms with van der Waals surface area (Å²) < 4.78 is 16.8. The van der Waals surface area contributed by atoms with Crippen LogP contribution in [-0.2, 0) is 9.47 Å². The maximum absolute atomic E-state index is 5.70. The van der Waals surface area contributed by atoms with E-state index in [-0.39, 0.29) is 6.29 Å². The van der Waals surface area contributed by atoms with Crippen molar-refractivity contribution in [3.8, 4) is 5.75 Å². The summed E-state index contributed by atoms with van der Waals surface area (Å²) in [5.41, 5.74) is 3.41. The van der Waals surface area contributed by atoms with E-state index >= 15 is 0 Å². The van der Waals surface area contributed by atoms with Gasteiger partial charge in [0, 0.05) is 5.56 Å². The summed E-state index contributed by atoms with van der Waals surface area (Å²) in [7, 11) is 0. The number of benzene rings is 1. The molecule has 1 aromatic rings. The highest BCUT2D eigenvalue weighted by atomic mass is 16.7. The molecule has 0 amide bonds. The summed E-state index contributed by atoms with van der Waals surface area (Å²) in [5.74, 6) is 0.964. The van der Waals surface area contributed by atoms with Gasteiger partial charge in [-0.25, -0.2) is 0 Å². The Morgan fingerprint density at radius 2 is 1.88 bits per heavy atom. The van der Waals surface area contributed by atoms with Gasteiger partial charge in [-0.05, 0) is 43.5 Å². The molecule has 0 atom stereocenters. The zero-order valence-electron chi connectivity index (χ0n) is 10.8. The zero-order chi connectivity index (χ0) is 12.3. The van der Waals surface area contributed by atoms with Gasteiger partial charge in [-0.1, -0.05) is 6.92 Å². The number of hydrogen-bond acceptors (Lipinski definition) is 3. The minimum Gasteiger partial charge on any atom is -0.493 e. The quantitative estimate of drug-likeness (QED) is 0.803. The molecule has 1 saturated heterocycles. The summed E-state index contributed by atoms with van der Waals surface area (Å²) in [6, 6.07) is 4.18. The van der Waals surface area contributed by atoms with E-state index in [9.17, 15) is 0 Å². The lowest BCUT2D eigenvalue weighted by Gasteiger charge is -2.16. The molecule has 0 unspecified atom stereocenters. The summed E-state index contributed by atoms with van der Waals surface area (Å²) in [5, 5.41) is 0. The minimum atomic E-state index is -0.200. The van der Waals surface area contributed by atoms with Crippen LogP contribution < -0.4 is 4.74 Å². The Hall–Kier alpha value is -1.06. The van der Waals surface area contributed by atoms with Crippen LogP contribution in [0.1, 0.15) is 36.3 Å². The largest absolute Gasteiger partial charge is 0.493 e. The van der Waals surface area contributed by atoms with Crippen molar-refractivity contribution >= 4 is 0 Å². The average molecular weight is 236 g/mol. The molecule has 0 saturated carbocycles. The van der Waals surface area contributed by atoms with Crippen LogP contribution in [0.25, 0.3) is 0 Å². The molecule has 0 bridgehead atoms. The van der Waals surface area contributed by atoms with Crippen LogP contribution in [0.2, 0.25) is 0 Å².